The fourth-order valence-corrected chi connectivity index (χ4v) is 8.55. The number of amides is 7. The van der Waals surface area contributed by atoms with Crippen LogP contribution in [0.25, 0.3) is 10.8 Å². The van der Waals surface area contributed by atoms with Crippen LogP contribution in [-0.2, 0) is 61.8 Å². The fraction of sp³-hybridized carbons (Fsp3) is 0.395. The molecule has 1 aliphatic carbocycles. The van der Waals surface area contributed by atoms with E-state index in [1.54, 1.807) is 12.1 Å². The molecule has 1 spiro atoms. The lowest BCUT2D eigenvalue weighted by Gasteiger charge is -2.38. The Morgan fingerprint density at radius 3 is 2.02 bits per heavy atom. The number of carbonyl (C=O) groups excluding carboxylic acids is 7. The van der Waals surface area contributed by atoms with E-state index >= 15 is 0 Å². The summed E-state index contributed by atoms with van der Waals surface area (Å²) in [5, 5.41) is 14.6. The molecule has 59 heavy (non-hydrogen) atoms. The molecule has 11 N–H and O–H groups in total. The lowest BCUT2D eigenvalue weighted by atomic mass is 9.80. The number of phosphoric acid groups is 1. The molecule has 19 nitrogen and oxygen atoms in total. The summed E-state index contributed by atoms with van der Waals surface area (Å²) >= 11 is 0. The molecule has 1 saturated carbocycles. The van der Waals surface area contributed by atoms with Crippen molar-refractivity contribution >= 4 is 70.7 Å². The normalized spacial score (nSPS) is 23.7. The molecule has 0 radical (unpaired) electrons. The van der Waals surface area contributed by atoms with Crippen LogP contribution < -0.4 is 42.6 Å². The van der Waals surface area contributed by atoms with Gasteiger partial charge in [0.25, 0.3) is 0 Å². The molecule has 5 atom stereocenters. The molecule has 0 bridgehead atoms. The summed E-state index contributed by atoms with van der Waals surface area (Å²) in [4.78, 5) is 113. The predicted octanol–water partition coefficient (Wildman–Crippen LogP) is -1.02. The van der Waals surface area contributed by atoms with Crippen molar-refractivity contribution in [3.63, 3.8) is 0 Å². The van der Waals surface area contributed by atoms with E-state index in [1.807, 2.05) is 30.3 Å². The van der Waals surface area contributed by atoms with Gasteiger partial charge in [0.05, 0.1) is 12.2 Å². The van der Waals surface area contributed by atoms with Crippen molar-refractivity contribution in [3.05, 3.63) is 77.9 Å². The van der Waals surface area contributed by atoms with Crippen LogP contribution in [0, 0.1) is 0 Å². The number of primary amides is 2. The van der Waals surface area contributed by atoms with Gasteiger partial charge in [0.1, 0.15) is 41.2 Å². The highest BCUT2D eigenvalue weighted by molar-refractivity contribution is 7.85. The molecule has 1 heterocycles. The van der Waals surface area contributed by atoms with Crippen molar-refractivity contribution in [1.29, 1.82) is 0 Å². The maximum atomic E-state index is 14.3. The van der Waals surface area contributed by atoms with Gasteiger partial charge in [-0.05, 0) is 46.9 Å². The zero-order chi connectivity index (χ0) is 42.9. The van der Waals surface area contributed by atoms with Crippen LogP contribution in [0.2, 0.25) is 0 Å². The van der Waals surface area contributed by atoms with Gasteiger partial charge in [-0.3, -0.25) is 47.6 Å². The van der Waals surface area contributed by atoms with E-state index in [-0.39, 0.29) is 31.4 Å². The Kier molecular flexibility index (Phi) is 14.6. The van der Waals surface area contributed by atoms with Crippen LogP contribution in [0.1, 0.15) is 49.7 Å². The highest BCUT2D eigenvalue weighted by Crippen LogP contribution is 2.37. The number of hydrogen-bond acceptors (Lipinski definition) is 10. The first-order valence-corrected chi connectivity index (χ1v) is 21.7. The van der Waals surface area contributed by atoms with E-state index in [1.165, 1.54) is 24.3 Å². The average Bonchev–Trinajstić information content (AvgIpc) is 3.16. The number of rotatable bonds is 9. The quantitative estimate of drug-likeness (QED) is 0.117. The molecule has 3 aromatic rings. The number of phosphoric ester groups is 1. The number of nitrogens with two attached hydrogens (primary N) is 2. The van der Waals surface area contributed by atoms with Gasteiger partial charge in [0.2, 0.25) is 41.4 Å². The number of hydrogen-bond donors (Lipinski definition) is 9. The molecule has 21 heteroatoms. The summed E-state index contributed by atoms with van der Waals surface area (Å²) in [7, 11) is -7.04. The Morgan fingerprint density at radius 2 is 1.37 bits per heavy atom. The molecule has 3 aromatic carbocycles. The summed E-state index contributed by atoms with van der Waals surface area (Å²) in [6.07, 6.45) is 0.810. The van der Waals surface area contributed by atoms with Crippen molar-refractivity contribution in [2.75, 3.05) is 11.5 Å². The van der Waals surface area contributed by atoms with Crippen molar-refractivity contribution in [2.24, 2.45) is 11.5 Å². The van der Waals surface area contributed by atoms with Gasteiger partial charge in [-0.25, -0.2) is 4.57 Å². The van der Waals surface area contributed by atoms with Gasteiger partial charge in [0, 0.05) is 23.6 Å². The molecule has 5 unspecified atom stereocenters. The van der Waals surface area contributed by atoms with Crippen molar-refractivity contribution in [2.45, 2.75) is 81.1 Å². The third-order valence-corrected chi connectivity index (χ3v) is 11.7. The molecule has 1 saturated heterocycles. The van der Waals surface area contributed by atoms with Crippen LogP contribution in [0.4, 0.5) is 0 Å². The average molecular weight is 856 g/mol. The van der Waals surface area contributed by atoms with Gasteiger partial charge in [-0.15, -0.1) is 0 Å². The summed E-state index contributed by atoms with van der Waals surface area (Å²) in [6.45, 7) is 0. The standard InChI is InChI=1S/C38H46N7O12PS/c39-31(46)19-29-35(50)42-27(18-23-8-11-24-6-2-3-7-25(24)16-23)34(49)43-30(33(40)48)20-59(56)21-32(47)41-28(17-22-9-12-26(13-10-22)57-58(53,54)55)36(51)45-38(37(52)44-29)14-4-1-5-15-38/h2-3,6-13,16,27-30H,1,4-5,14-15,17-21H2,(H2,39,46)(H2,40,48)(H,41,47)(H,42,50)(H,43,49)(H,44,52)(H,45,51)(H2,53,54,55). The molecule has 1 aliphatic heterocycles. The van der Waals surface area contributed by atoms with Gasteiger partial charge in [-0.1, -0.05) is 73.9 Å². The highest BCUT2D eigenvalue weighted by atomic mass is 32.2. The molecule has 0 aromatic heterocycles. The summed E-state index contributed by atoms with van der Waals surface area (Å²) < 4.78 is 29.2. The molecule has 2 aliphatic rings. The minimum absolute atomic E-state index is 0.107. The second-order valence-electron chi connectivity index (χ2n) is 14.5. The van der Waals surface area contributed by atoms with Crippen LogP contribution in [-0.4, -0.2) is 96.6 Å². The predicted molar refractivity (Wildman–Crippen MR) is 213 cm³/mol. The Bertz CT molecular complexity index is 2180. The minimum Gasteiger partial charge on any atom is -0.404 e. The maximum Gasteiger partial charge on any atom is 0.524 e. The lowest BCUT2D eigenvalue weighted by Crippen LogP contribution is -2.66. The monoisotopic (exact) mass is 855 g/mol. The Balaban J connectivity index is 1.50. The Morgan fingerprint density at radius 1 is 0.763 bits per heavy atom. The van der Waals surface area contributed by atoms with Crippen LogP contribution in [0.3, 0.4) is 0 Å². The Hall–Kier alpha value is -5.69. The third-order valence-electron chi connectivity index (χ3n) is 9.96. The van der Waals surface area contributed by atoms with Gasteiger partial charge >= 0.3 is 7.82 Å². The summed E-state index contributed by atoms with van der Waals surface area (Å²) in [5.41, 5.74) is 10.4. The molecule has 2 fully saturated rings. The third kappa shape index (κ3) is 12.6. The van der Waals surface area contributed by atoms with Gasteiger partial charge in [-0.2, -0.15) is 0 Å². The van der Waals surface area contributed by atoms with E-state index in [9.17, 15) is 42.3 Å². The zero-order valence-corrected chi connectivity index (χ0v) is 33.4. The highest BCUT2D eigenvalue weighted by Gasteiger charge is 2.44. The van der Waals surface area contributed by atoms with Crippen LogP contribution in [0.15, 0.2) is 66.7 Å². The van der Waals surface area contributed by atoms with Crippen LogP contribution >= 0.6 is 7.82 Å². The van der Waals surface area contributed by atoms with Crippen molar-refractivity contribution < 1.29 is 56.6 Å². The largest absolute Gasteiger partial charge is 0.524 e. The van der Waals surface area contributed by atoms with E-state index in [2.05, 4.69) is 31.1 Å². The first kappa shape index (κ1) is 44.4. The Labute approximate surface area is 340 Å². The number of benzene rings is 3. The fourth-order valence-electron chi connectivity index (χ4n) is 7.04. The second kappa shape index (κ2) is 19.4. The molecule has 7 amide bonds. The zero-order valence-electron chi connectivity index (χ0n) is 31.7. The minimum atomic E-state index is -4.88. The number of fused-ring (bicyclic) bond motifs is 1. The van der Waals surface area contributed by atoms with Gasteiger partial charge in [0.15, 0.2) is 0 Å². The number of nitrogens with one attached hydrogen (secondary N) is 5. The van der Waals surface area contributed by atoms with Gasteiger partial charge < -0.3 is 42.6 Å². The lowest BCUT2D eigenvalue weighted by molar-refractivity contribution is -0.139. The van der Waals surface area contributed by atoms with E-state index in [0.717, 1.165) is 10.8 Å². The number of carbonyl (C=O) groups is 7. The van der Waals surface area contributed by atoms with Crippen molar-refractivity contribution in [1.82, 2.24) is 26.6 Å². The van der Waals surface area contributed by atoms with E-state index < -0.39 is 108 Å². The smallest absolute Gasteiger partial charge is 0.404 e. The molecular weight excluding hydrogens is 809 g/mol. The SMILES string of the molecule is NC(=O)CC1NC(=O)C2(CCCCC2)NC(=O)C(Cc2ccc(OP(=O)(O)O)cc2)NC(=O)CS(=O)CC(C(N)=O)NC(=O)C(Cc2ccc3ccccc3c2)NC1=O. The first-order valence-electron chi connectivity index (χ1n) is 18.7. The molecule has 316 valence electrons. The molecular formula is C38H46N7O12PS. The topological polar surface area (TPSA) is 316 Å². The second-order valence-corrected chi connectivity index (χ2v) is 17.2. The first-order chi connectivity index (χ1) is 27.9. The van der Waals surface area contributed by atoms with Crippen LogP contribution in [0.5, 0.6) is 5.75 Å². The summed E-state index contributed by atoms with van der Waals surface area (Å²) in [6, 6.07) is 11.9. The maximum absolute atomic E-state index is 14.3. The van der Waals surface area contributed by atoms with Crippen molar-refractivity contribution in [3.8, 4) is 5.75 Å². The molecule has 5 rings (SSSR count). The summed E-state index contributed by atoms with van der Waals surface area (Å²) in [5.74, 6) is -8.08. The van der Waals surface area contributed by atoms with E-state index in [0.29, 0.717) is 30.4 Å². The van der Waals surface area contributed by atoms with E-state index in [4.69, 9.17) is 21.3 Å².